The van der Waals surface area contributed by atoms with E-state index >= 15 is 0 Å². The second kappa shape index (κ2) is 18.1. The molecule has 4 aromatic rings. The molecule has 2 heterocycles. The molecule has 6 rings (SSSR count). The highest BCUT2D eigenvalue weighted by molar-refractivity contribution is 7.99. The summed E-state index contributed by atoms with van der Waals surface area (Å²) in [4.78, 5) is 81.7. The van der Waals surface area contributed by atoms with Crippen LogP contribution in [0.5, 0.6) is 0 Å². The molecule has 0 saturated carbocycles. The van der Waals surface area contributed by atoms with Crippen molar-refractivity contribution in [1.82, 2.24) is 19.6 Å². The Bertz CT molecular complexity index is 2240. The number of anilines is 2. The normalized spacial score (nSPS) is 14.5. The summed E-state index contributed by atoms with van der Waals surface area (Å²) in [6.45, 7) is 5.85. The van der Waals surface area contributed by atoms with Crippen LogP contribution in [0, 0.1) is 20.2 Å². The van der Waals surface area contributed by atoms with Crippen LogP contribution in [0.1, 0.15) is 25.0 Å². The first-order valence-electron chi connectivity index (χ1n) is 18.7. The molecule has 59 heavy (non-hydrogen) atoms. The van der Waals surface area contributed by atoms with Gasteiger partial charge in [0.2, 0.25) is 23.6 Å². The summed E-state index contributed by atoms with van der Waals surface area (Å²) in [6, 6.07) is 19.2. The van der Waals surface area contributed by atoms with Crippen LogP contribution in [0.25, 0.3) is 34.4 Å². The molecule has 0 aliphatic carbocycles. The zero-order valence-corrected chi connectivity index (χ0v) is 33.2. The van der Waals surface area contributed by atoms with E-state index in [1.165, 1.54) is 50.3 Å². The van der Waals surface area contributed by atoms with Gasteiger partial charge in [-0.15, -0.1) is 0 Å². The third-order valence-corrected chi connectivity index (χ3v) is 11.3. The molecular formula is C42H42N8O8S. The number of nitrogen functional groups attached to an aromatic ring is 2. The Hall–Kier alpha value is -7.01. The van der Waals surface area contributed by atoms with Crippen LogP contribution in [0.2, 0.25) is 0 Å². The predicted octanol–water partition coefficient (Wildman–Crippen LogP) is 5.56. The van der Waals surface area contributed by atoms with Gasteiger partial charge >= 0.3 is 0 Å². The minimum absolute atomic E-state index is 0.0755. The van der Waals surface area contributed by atoms with Gasteiger partial charge in [0.05, 0.1) is 30.8 Å². The van der Waals surface area contributed by atoms with Crippen molar-refractivity contribution in [3.05, 3.63) is 116 Å². The van der Waals surface area contributed by atoms with E-state index in [0.29, 0.717) is 86.0 Å². The van der Waals surface area contributed by atoms with Crippen LogP contribution in [0.15, 0.2) is 94.7 Å². The Labute approximate surface area is 344 Å². The van der Waals surface area contributed by atoms with E-state index in [-0.39, 0.29) is 55.9 Å². The zero-order valence-electron chi connectivity index (χ0n) is 32.4. The van der Waals surface area contributed by atoms with Gasteiger partial charge < -0.3 is 31.1 Å². The molecule has 0 unspecified atom stereocenters. The second-order valence-corrected chi connectivity index (χ2v) is 15.0. The summed E-state index contributed by atoms with van der Waals surface area (Å²) in [7, 11) is 0. The minimum Gasteiger partial charge on any atom is -0.399 e. The van der Waals surface area contributed by atoms with Gasteiger partial charge in [-0.3, -0.25) is 39.4 Å². The predicted molar refractivity (Wildman–Crippen MR) is 226 cm³/mol. The highest BCUT2D eigenvalue weighted by atomic mass is 32.2. The fourth-order valence-corrected chi connectivity index (χ4v) is 8.17. The molecule has 0 radical (unpaired) electrons. The highest BCUT2D eigenvalue weighted by Gasteiger charge is 2.30. The van der Waals surface area contributed by atoms with Gasteiger partial charge in [0.15, 0.2) is 0 Å². The average Bonchev–Trinajstić information content (AvgIpc) is 3.21. The number of nitrogens with two attached hydrogens (primary N) is 2. The van der Waals surface area contributed by atoms with Crippen LogP contribution >= 0.6 is 11.8 Å². The Morgan fingerprint density at radius 1 is 0.576 bits per heavy atom. The van der Waals surface area contributed by atoms with Gasteiger partial charge in [-0.25, -0.2) is 0 Å². The summed E-state index contributed by atoms with van der Waals surface area (Å²) in [5.41, 5.74) is 14.0. The zero-order chi connectivity index (χ0) is 42.4. The Kier molecular flexibility index (Phi) is 12.7. The molecular weight excluding hydrogens is 777 g/mol. The molecule has 2 saturated heterocycles. The van der Waals surface area contributed by atoms with Crippen LogP contribution in [-0.2, 0) is 19.2 Å². The molecule has 0 aromatic heterocycles. The quantitative estimate of drug-likeness (QED) is 0.0873. The number of rotatable bonds is 10. The number of carbonyl (C=O) groups excluding carboxylic acids is 4. The molecule has 0 atom stereocenters. The van der Waals surface area contributed by atoms with Crippen molar-refractivity contribution in [2.75, 3.05) is 63.8 Å². The first-order chi connectivity index (χ1) is 28.2. The van der Waals surface area contributed by atoms with Gasteiger partial charge in [0.25, 0.3) is 11.4 Å². The van der Waals surface area contributed by atoms with Crippen LogP contribution in [0.3, 0.4) is 0 Å². The number of nitrogens with zero attached hydrogens (tertiary/aromatic N) is 6. The fourth-order valence-electron chi connectivity index (χ4n) is 7.11. The molecule has 2 aliphatic rings. The summed E-state index contributed by atoms with van der Waals surface area (Å²) in [5, 5.41) is 26.1. The SMILES string of the molecule is CC(=O)N1CCN(C(=O)/C=C/c2ccc(Sc3ccc(/C=C/C(=O)N4CCN(C(C)=O)CC4)c(-c4cccc(N)c4)c3[N+](=O)[O-])c([N+](=O)[O-])c2-c2cccc(N)c2)CC1. The van der Waals surface area contributed by atoms with Crippen LogP contribution in [0.4, 0.5) is 22.7 Å². The maximum atomic E-state index is 13.2. The Morgan fingerprint density at radius 3 is 1.25 bits per heavy atom. The van der Waals surface area contributed by atoms with Crippen LogP contribution < -0.4 is 11.5 Å². The molecule has 4 N–H and O–H groups in total. The van der Waals surface area contributed by atoms with E-state index in [0.717, 1.165) is 11.8 Å². The molecule has 304 valence electrons. The second-order valence-electron chi connectivity index (χ2n) is 13.9. The minimum atomic E-state index is -0.565. The number of amides is 4. The van der Waals surface area contributed by atoms with Crippen molar-refractivity contribution in [3.8, 4) is 22.3 Å². The largest absolute Gasteiger partial charge is 0.399 e. The molecule has 16 nitrogen and oxygen atoms in total. The number of hydrogen-bond acceptors (Lipinski definition) is 11. The smallest absolute Gasteiger partial charge is 0.291 e. The molecule has 0 spiro atoms. The first-order valence-corrected chi connectivity index (χ1v) is 19.5. The number of hydrogen-bond donors (Lipinski definition) is 2. The standard InChI is InChI=1S/C42H42N8O8S/c1-27(51)45-17-21-47(22-18-45)37(53)15-11-29-9-13-35(41(49(55)56)39(29)31-5-3-7-33(43)25-31)59-36-14-10-30(12-16-38(54)48-23-19-46(20-24-48)28(2)52)40(42(36)50(57)58)32-6-4-8-34(44)26-32/h3-16,25-26H,17-24,43-44H2,1-2H3/b15-11+,16-12+. The molecule has 4 aromatic carbocycles. The number of nitro groups is 2. The van der Waals surface area contributed by atoms with Gasteiger partial charge in [-0.2, -0.15) is 0 Å². The first kappa shape index (κ1) is 41.6. The topological polar surface area (TPSA) is 220 Å². The Morgan fingerprint density at radius 2 is 0.932 bits per heavy atom. The van der Waals surface area contributed by atoms with Gasteiger partial charge in [0.1, 0.15) is 0 Å². The Balaban J connectivity index is 1.41. The number of carbonyl (C=O) groups is 4. The summed E-state index contributed by atoms with van der Waals surface area (Å²) < 4.78 is 0. The van der Waals surface area contributed by atoms with Crippen molar-refractivity contribution in [1.29, 1.82) is 0 Å². The summed E-state index contributed by atoms with van der Waals surface area (Å²) in [6.07, 6.45) is 5.64. The third-order valence-electron chi connectivity index (χ3n) is 10.2. The monoisotopic (exact) mass is 818 g/mol. The highest BCUT2D eigenvalue weighted by Crippen LogP contribution is 2.48. The lowest BCUT2D eigenvalue weighted by molar-refractivity contribution is -0.387. The summed E-state index contributed by atoms with van der Waals surface area (Å²) >= 11 is 0.831. The molecule has 2 fully saturated rings. The molecule has 4 amide bonds. The van der Waals surface area contributed by atoms with Gasteiger partial charge in [-0.05, 0) is 70.8 Å². The van der Waals surface area contributed by atoms with Crippen molar-refractivity contribution >= 4 is 70.3 Å². The van der Waals surface area contributed by atoms with Gasteiger partial charge in [0, 0.05) is 89.7 Å². The number of benzene rings is 4. The summed E-state index contributed by atoms with van der Waals surface area (Å²) in [5.74, 6) is -0.810. The maximum absolute atomic E-state index is 13.2. The lowest BCUT2D eigenvalue weighted by Crippen LogP contribution is -2.49. The van der Waals surface area contributed by atoms with Crippen molar-refractivity contribution in [2.45, 2.75) is 23.6 Å². The average molecular weight is 819 g/mol. The van der Waals surface area contributed by atoms with Gasteiger partial charge in [-0.1, -0.05) is 48.2 Å². The van der Waals surface area contributed by atoms with E-state index in [1.807, 2.05) is 0 Å². The van der Waals surface area contributed by atoms with Crippen molar-refractivity contribution in [2.24, 2.45) is 0 Å². The van der Waals surface area contributed by atoms with E-state index in [2.05, 4.69) is 0 Å². The molecule has 2 aliphatic heterocycles. The third kappa shape index (κ3) is 9.59. The van der Waals surface area contributed by atoms with E-state index in [9.17, 15) is 39.4 Å². The van der Waals surface area contributed by atoms with Crippen LogP contribution in [-0.4, -0.2) is 105 Å². The molecule has 17 heteroatoms. The van der Waals surface area contributed by atoms with E-state index in [1.54, 1.807) is 80.3 Å². The lowest BCUT2D eigenvalue weighted by atomic mass is 9.96. The lowest BCUT2D eigenvalue weighted by Gasteiger charge is -2.33. The number of piperazine rings is 2. The number of nitro benzene ring substituents is 2. The van der Waals surface area contributed by atoms with Crippen molar-refractivity contribution in [3.63, 3.8) is 0 Å². The molecule has 0 bridgehead atoms. The van der Waals surface area contributed by atoms with E-state index in [4.69, 9.17) is 11.5 Å². The maximum Gasteiger partial charge on any atom is 0.291 e. The van der Waals surface area contributed by atoms with E-state index < -0.39 is 9.85 Å². The van der Waals surface area contributed by atoms with Crippen molar-refractivity contribution < 1.29 is 29.0 Å². The fraction of sp³-hybridized carbons (Fsp3) is 0.238.